The van der Waals surface area contributed by atoms with Gasteiger partial charge in [0.15, 0.2) is 0 Å². The number of carbonyl (C=O) groups excluding carboxylic acids is 2. The molecule has 4 aliphatic rings. The van der Waals surface area contributed by atoms with E-state index in [9.17, 15) is 9.59 Å². The molecular formula is C24H29NO3. The topological polar surface area (TPSA) is 46.6 Å². The fraction of sp³-hybridized carbons (Fsp3) is 0.583. The summed E-state index contributed by atoms with van der Waals surface area (Å²) in [5.41, 5.74) is 3.30. The van der Waals surface area contributed by atoms with Crippen molar-refractivity contribution < 1.29 is 14.3 Å². The van der Waals surface area contributed by atoms with Crippen LogP contribution in [0.5, 0.6) is 0 Å². The van der Waals surface area contributed by atoms with Gasteiger partial charge in [-0.3, -0.25) is 4.79 Å². The predicted molar refractivity (Wildman–Crippen MR) is 107 cm³/mol. The van der Waals surface area contributed by atoms with Crippen LogP contribution >= 0.6 is 0 Å². The fourth-order valence-electron chi connectivity index (χ4n) is 6.59. The molecule has 1 aromatic carbocycles. The van der Waals surface area contributed by atoms with E-state index in [0.29, 0.717) is 29.6 Å². The predicted octanol–water partition coefficient (Wildman–Crippen LogP) is 3.87. The first-order valence-corrected chi connectivity index (χ1v) is 10.7. The van der Waals surface area contributed by atoms with Gasteiger partial charge in [0.05, 0.1) is 5.56 Å². The van der Waals surface area contributed by atoms with Crippen LogP contribution in [0.2, 0.25) is 0 Å². The van der Waals surface area contributed by atoms with Crippen molar-refractivity contribution in [3.63, 3.8) is 0 Å². The second-order valence-corrected chi connectivity index (χ2v) is 9.59. The lowest BCUT2D eigenvalue weighted by Gasteiger charge is -2.52. The lowest BCUT2D eigenvalue weighted by Crippen LogP contribution is -2.51. The summed E-state index contributed by atoms with van der Waals surface area (Å²) in [7, 11) is 2.16. The average Bonchev–Trinajstić information content (AvgIpc) is 2.87. The molecule has 5 atom stereocenters. The summed E-state index contributed by atoms with van der Waals surface area (Å²) in [4.78, 5) is 28.4. The van der Waals surface area contributed by atoms with Gasteiger partial charge < -0.3 is 9.64 Å². The number of fused-ring (bicyclic) bond motifs is 1. The minimum Gasteiger partial charge on any atom is -0.458 e. The van der Waals surface area contributed by atoms with Crippen LogP contribution < -0.4 is 0 Å². The molecule has 0 aromatic heterocycles. The third-order valence-corrected chi connectivity index (χ3v) is 7.76. The maximum absolute atomic E-state index is 13.2. The summed E-state index contributed by atoms with van der Waals surface area (Å²) in [6, 6.07) is 9.26. The van der Waals surface area contributed by atoms with E-state index in [1.54, 1.807) is 0 Å². The Bertz CT molecular complexity index is 845. The van der Waals surface area contributed by atoms with E-state index >= 15 is 0 Å². The zero-order chi connectivity index (χ0) is 19.5. The SMILES string of the molecule is C[C@H]1C[C@@H](OC(=O)c2ccccc2)[C@@]23CC(=O)[C@@H](C4=C(CN(C)CC4)C2)[C@@H]3C1. The molecule has 2 bridgehead atoms. The summed E-state index contributed by atoms with van der Waals surface area (Å²) >= 11 is 0. The quantitative estimate of drug-likeness (QED) is 0.578. The summed E-state index contributed by atoms with van der Waals surface area (Å²) < 4.78 is 6.17. The van der Waals surface area contributed by atoms with Crippen LogP contribution in [0.1, 0.15) is 49.4 Å². The van der Waals surface area contributed by atoms with Crippen molar-refractivity contribution in [1.29, 1.82) is 0 Å². The fourth-order valence-corrected chi connectivity index (χ4v) is 6.59. The van der Waals surface area contributed by atoms with Gasteiger partial charge in [-0.2, -0.15) is 0 Å². The molecule has 1 heterocycles. The molecule has 2 fully saturated rings. The molecule has 2 saturated carbocycles. The highest BCUT2D eigenvalue weighted by molar-refractivity contribution is 5.91. The van der Waals surface area contributed by atoms with Gasteiger partial charge in [-0.1, -0.05) is 36.3 Å². The van der Waals surface area contributed by atoms with E-state index in [4.69, 9.17) is 4.74 Å². The van der Waals surface area contributed by atoms with Crippen molar-refractivity contribution >= 4 is 11.8 Å². The third kappa shape index (κ3) is 2.68. The van der Waals surface area contributed by atoms with Gasteiger partial charge in [0.1, 0.15) is 11.9 Å². The van der Waals surface area contributed by atoms with E-state index in [0.717, 1.165) is 38.8 Å². The maximum Gasteiger partial charge on any atom is 0.338 e. The number of rotatable bonds is 2. The van der Waals surface area contributed by atoms with Gasteiger partial charge in [0.2, 0.25) is 0 Å². The van der Waals surface area contributed by atoms with Crippen LogP contribution in [0.4, 0.5) is 0 Å². The van der Waals surface area contributed by atoms with Crippen LogP contribution in [-0.4, -0.2) is 42.9 Å². The van der Waals surface area contributed by atoms with Crippen LogP contribution in [0.25, 0.3) is 0 Å². The Hall–Kier alpha value is -1.94. The molecule has 5 rings (SSSR count). The number of nitrogens with zero attached hydrogens (tertiary/aromatic N) is 1. The Morgan fingerprint density at radius 3 is 2.75 bits per heavy atom. The number of ketones is 1. The van der Waals surface area contributed by atoms with Crippen LogP contribution in [0, 0.1) is 23.2 Å². The van der Waals surface area contributed by atoms with Gasteiger partial charge in [-0.05, 0) is 56.7 Å². The van der Waals surface area contributed by atoms with E-state index < -0.39 is 0 Å². The van der Waals surface area contributed by atoms with Crippen molar-refractivity contribution in [3.8, 4) is 0 Å². The molecule has 1 aliphatic heterocycles. The number of ether oxygens (including phenoxy) is 1. The normalized spacial score (nSPS) is 37.4. The average molecular weight is 380 g/mol. The zero-order valence-corrected chi connectivity index (χ0v) is 16.8. The first-order chi connectivity index (χ1) is 13.5. The molecule has 0 saturated heterocycles. The number of Topliss-reactive ketones (excluding diaryl/α,β-unsaturated/α-hetero) is 1. The molecule has 0 spiro atoms. The number of hydrogen-bond donors (Lipinski definition) is 0. The highest BCUT2D eigenvalue weighted by Gasteiger charge is 2.63. The van der Waals surface area contributed by atoms with Crippen molar-refractivity contribution in [2.24, 2.45) is 23.2 Å². The van der Waals surface area contributed by atoms with Crippen LogP contribution in [0.3, 0.4) is 0 Å². The Balaban J connectivity index is 1.50. The van der Waals surface area contributed by atoms with Gasteiger partial charge in [0, 0.05) is 30.8 Å². The number of carbonyl (C=O) groups is 2. The van der Waals surface area contributed by atoms with Gasteiger partial charge in [-0.25, -0.2) is 4.79 Å². The van der Waals surface area contributed by atoms with Gasteiger partial charge in [0.25, 0.3) is 0 Å². The zero-order valence-electron chi connectivity index (χ0n) is 16.8. The third-order valence-electron chi connectivity index (χ3n) is 7.76. The summed E-state index contributed by atoms with van der Waals surface area (Å²) in [6.45, 7) is 4.26. The van der Waals surface area contributed by atoms with E-state index in [2.05, 4.69) is 18.9 Å². The Morgan fingerprint density at radius 1 is 1.18 bits per heavy atom. The highest BCUT2D eigenvalue weighted by atomic mass is 16.5. The van der Waals surface area contributed by atoms with Crippen molar-refractivity contribution in [2.75, 3.05) is 20.1 Å². The van der Waals surface area contributed by atoms with Crippen LogP contribution in [-0.2, 0) is 9.53 Å². The first-order valence-electron chi connectivity index (χ1n) is 10.7. The lowest BCUT2D eigenvalue weighted by molar-refractivity contribution is -0.120. The Morgan fingerprint density at radius 2 is 1.96 bits per heavy atom. The standard InChI is InChI=1S/C24H29NO3/c1-15-10-19-22-18-8-9-25(2)14-17(18)12-24(19,13-20(22)26)21(11-15)28-23(27)16-6-4-3-5-7-16/h3-7,15,19,21-22H,8-14H2,1-2H3/t15-,19+,21-,22+,24-/m1/s1. The first kappa shape index (κ1) is 18.1. The second-order valence-electron chi connectivity index (χ2n) is 9.59. The number of benzene rings is 1. The smallest absolute Gasteiger partial charge is 0.338 e. The molecule has 0 unspecified atom stereocenters. The molecule has 0 amide bonds. The Kier molecular flexibility index (Phi) is 4.24. The Labute approximate surface area is 166 Å². The summed E-state index contributed by atoms with van der Waals surface area (Å²) in [5.74, 6) is 1.06. The highest BCUT2D eigenvalue weighted by Crippen LogP contribution is 2.64. The minimum absolute atomic E-state index is 0.0816. The molecule has 28 heavy (non-hydrogen) atoms. The van der Waals surface area contributed by atoms with Crippen LogP contribution in [0.15, 0.2) is 41.5 Å². The lowest BCUT2D eigenvalue weighted by atomic mass is 9.55. The molecule has 3 aliphatic carbocycles. The van der Waals surface area contributed by atoms with E-state index in [1.807, 2.05) is 30.3 Å². The van der Waals surface area contributed by atoms with Crippen molar-refractivity contribution in [3.05, 3.63) is 47.0 Å². The molecule has 0 radical (unpaired) electrons. The summed E-state index contributed by atoms with van der Waals surface area (Å²) in [6.07, 6.45) is 4.33. The molecule has 148 valence electrons. The molecular weight excluding hydrogens is 350 g/mol. The molecule has 1 aromatic rings. The summed E-state index contributed by atoms with van der Waals surface area (Å²) in [5, 5.41) is 0. The maximum atomic E-state index is 13.2. The number of hydrogen-bond acceptors (Lipinski definition) is 4. The largest absolute Gasteiger partial charge is 0.458 e. The molecule has 4 nitrogen and oxygen atoms in total. The number of esters is 1. The van der Waals surface area contributed by atoms with E-state index in [1.165, 1.54) is 11.1 Å². The van der Waals surface area contributed by atoms with Gasteiger partial charge in [-0.15, -0.1) is 0 Å². The van der Waals surface area contributed by atoms with Crippen molar-refractivity contribution in [1.82, 2.24) is 4.90 Å². The van der Waals surface area contributed by atoms with Crippen molar-refractivity contribution in [2.45, 2.75) is 45.1 Å². The number of likely N-dealkylation sites (N-methyl/N-ethyl adjacent to an activating group) is 1. The second kappa shape index (κ2) is 6.55. The molecule has 0 N–H and O–H groups in total. The van der Waals surface area contributed by atoms with Gasteiger partial charge >= 0.3 is 5.97 Å². The van der Waals surface area contributed by atoms with E-state index in [-0.39, 0.29) is 23.4 Å². The minimum atomic E-state index is -0.246. The monoisotopic (exact) mass is 379 g/mol. The molecule has 4 heteroatoms.